The van der Waals surface area contributed by atoms with Gasteiger partial charge in [-0.15, -0.1) is 0 Å². The number of aliphatic hydroxyl groups is 4. The summed E-state index contributed by atoms with van der Waals surface area (Å²) >= 11 is 0. The van der Waals surface area contributed by atoms with E-state index in [1.165, 1.54) is 0 Å². The van der Waals surface area contributed by atoms with Crippen LogP contribution in [0.2, 0.25) is 0 Å². The first kappa shape index (κ1) is 28.5. The van der Waals surface area contributed by atoms with Crippen molar-refractivity contribution in [2.24, 2.45) is 17.6 Å². The predicted molar refractivity (Wildman–Crippen MR) is 105 cm³/mol. The second-order valence-electron chi connectivity index (χ2n) is 6.93. The largest absolute Gasteiger partial charge is 0.480 e. The van der Waals surface area contributed by atoms with E-state index in [0.29, 0.717) is 19.3 Å². The van der Waals surface area contributed by atoms with Gasteiger partial charge >= 0.3 is 12.1 Å². The molecule has 0 rings (SSSR count). The topological polar surface area (TPSA) is 201 Å². The Morgan fingerprint density at radius 1 is 0.833 bits per heavy atom. The van der Waals surface area contributed by atoms with Gasteiger partial charge in [-0.3, -0.25) is 4.79 Å². The van der Waals surface area contributed by atoms with Gasteiger partial charge in [-0.1, -0.05) is 0 Å². The molecule has 0 radical (unpaired) electrons. The number of nitrogens with one attached hydrogen (secondary N) is 1. The number of ether oxygens (including phenoxy) is 3. The van der Waals surface area contributed by atoms with Crippen LogP contribution in [0, 0.1) is 11.8 Å². The molecule has 0 bridgehead atoms. The number of aliphatic hydroxyl groups excluding tert-OH is 4. The molecular weight excluding hydrogens is 404 g/mol. The van der Waals surface area contributed by atoms with Crippen molar-refractivity contribution in [3.05, 3.63) is 0 Å². The number of aliphatic carboxylic acids is 1. The number of alkyl carbamates (subject to hydrolysis) is 1. The maximum absolute atomic E-state index is 12.0. The highest BCUT2D eigenvalue weighted by atomic mass is 16.6. The highest BCUT2D eigenvalue weighted by molar-refractivity contribution is 5.72. The van der Waals surface area contributed by atoms with Crippen molar-refractivity contribution in [2.75, 3.05) is 59.4 Å². The zero-order valence-electron chi connectivity index (χ0n) is 17.1. The van der Waals surface area contributed by atoms with Crippen molar-refractivity contribution in [3.63, 3.8) is 0 Å². The smallest absolute Gasteiger partial charge is 0.407 e. The normalized spacial score (nSPS) is 12.5. The van der Waals surface area contributed by atoms with E-state index in [4.69, 9.17) is 45.5 Å². The summed E-state index contributed by atoms with van der Waals surface area (Å²) in [6.45, 7) is -0.687. The molecule has 0 aliphatic carbocycles. The van der Waals surface area contributed by atoms with Crippen LogP contribution < -0.4 is 11.1 Å². The zero-order chi connectivity index (χ0) is 22.8. The summed E-state index contributed by atoms with van der Waals surface area (Å²) in [6, 6.07) is -0.932. The van der Waals surface area contributed by atoms with E-state index in [2.05, 4.69) is 5.32 Å². The van der Waals surface area contributed by atoms with E-state index >= 15 is 0 Å². The first-order chi connectivity index (χ1) is 14.4. The van der Waals surface area contributed by atoms with Crippen molar-refractivity contribution in [2.45, 2.75) is 31.4 Å². The van der Waals surface area contributed by atoms with Gasteiger partial charge in [0, 0.05) is 18.4 Å². The molecule has 12 nitrogen and oxygen atoms in total. The van der Waals surface area contributed by atoms with Gasteiger partial charge in [-0.25, -0.2) is 4.79 Å². The molecule has 0 aromatic heterocycles. The van der Waals surface area contributed by atoms with Crippen LogP contribution in [-0.4, -0.2) is 109 Å². The number of carboxylic acids is 1. The number of carbonyl (C=O) groups excluding carboxylic acids is 1. The number of carboxylic acid groups (broad SMARTS) is 1. The molecule has 0 saturated carbocycles. The fourth-order valence-electron chi connectivity index (χ4n) is 2.17. The number of hydrogen-bond donors (Lipinski definition) is 7. The van der Waals surface area contributed by atoms with E-state index in [1.807, 2.05) is 0 Å². The Morgan fingerprint density at radius 3 is 1.77 bits per heavy atom. The third kappa shape index (κ3) is 14.4. The number of rotatable bonds is 19. The minimum absolute atomic E-state index is 0.0414. The first-order valence-electron chi connectivity index (χ1n) is 9.89. The predicted octanol–water partition coefficient (Wildman–Crippen LogP) is -2.10. The lowest BCUT2D eigenvalue weighted by Crippen LogP contribution is -2.36. The summed E-state index contributed by atoms with van der Waals surface area (Å²) in [4.78, 5) is 22.6. The van der Waals surface area contributed by atoms with Gasteiger partial charge in [-0.05, 0) is 19.3 Å². The molecule has 0 fully saturated rings. The van der Waals surface area contributed by atoms with Crippen LogP contribution in [0.15, 0.2) is 0 Å². The molecule has 1 amide bonds. The Hall–Kier alpha value is -1.54. The van der Waals surface area contributed by atoms with Crippen LogP contribution in [-0.2, 0) is 19.0 Å². The number of carbonyl (C=O) groups is 2. The lowest BCUT2D eigenvalue weighted by Gasteiger charge is -2.21. The maximum atomic E-state index is 12.0. The summed E-state index contributed by atoms with van der Waals surface area (Å²) in [5.41, 5.74) is 5.40. The van der Waals surface area contributed by atoms with E-state index in [9.17, 15) is 9.59 Å². The van der Waals surface area contributed by atoms with Crippen LogP contribution in [0.25, 0.3) is 0 Å². The van der Waals surface area contributed by atoms with Gasteiger partial charge in [0.15, 0.2) is 6.10 Å². The molecule has 178 valence electrons. The molecule has 0 saturated heterocycles. The lowest BCUT2D eigenvalue weighted by atomic mass is 10.1. The van der Waals surface area contributed by atoms with Gasteiger partial charge in [0.05, 0.1) is 52.9 Å². The summed E-state index contributed by atoms with van der Waals surface area (Å²) < 4.78 is 16.0. The van der Waals surface area contributed by atoms with Crippen molar-refractivity contribution < 1.29 is 49.3 Å². The lowest BCUT2D eigenvalue weighted by molar-refractivity contribution is -0.138. The van der Waals surface area contributed by atoms with Crippen molar-refractivity contribution in [1.82, 2.24) is 5.32 Å². The van der Waals surface area contributed by atoms with Gasteiger partial charge in [0.25, 0.3) is 0 Å². The Labute approximate surface area is 175 Å². The van der Waals surface area contributed by atoms with Gasteiger partial charge < -0.3 is 50.8 Å². The van der Waals surface area contributed by atoms with Crippen LogP contribution in [0.3, 0.4) is 0 Å². The third-order valence-electron chi connectivity index (χ3n) is 4.15. The fourth-order valence-corrected chi connectivity index (χ4v) is 2.17. The van der Waals surface area contributed by atoms with Gasteiger partial charge in [0.1, 0.15) is 6.04 Å². The molecule has 0 aliphatic heterocycles. The second kappa shape index (κ2) is 18.2. The van der Waals surface area contributed by atoms with E-state index in [0.717, 1.165) is 0 Å². The molecule has 0 heterocycles. The van der Waals surface area contributed by atoms with E-state index in [1.54, 1.807) is 0 Å². The molecule has 8 N–H and O–H groups in total. The standard InChI is InChI=1S/C18H36N2O10/c19-16(17(25)26)3-1-2-4-20-18(27)30-15(11-28-9-13(5-21)6-22)12-29-10-14(7-23)8-24/h13-16,21-24H,1-12,19H2,(H,20,27)(H,25,26). The maximum Gasteiger partial charge on any atom is 0.407 e. The Kier molecular flexibility index (Phi) is 17.3. The molecule has 0 aromatic rings. The highest BCUT2D eigenvalue weighted by Crippen LogP contribution is 2.03. The van der Waals surface area contributed by atoms with Crippen molar-refractivity contribution in [1.29, 1.82) is 0 Å². The number of hydrogen-bond acceptors (Lipinski definition) is 10. The SMILES string of the molecule is NC(CCCCNC(=O)OC(COCC(CO)CO)COCC(CO)CO)C(=O)O. The van der Waals surface area contributed by atoms with E-state index < -0.39 is 36.0 Å². The molecule has 30 heavy (non-hydrogen) atoms. The third-order valence-corrected chi connectivity index (χ3v) is 4.15. The number of nitrogens with two attached hydrogens (primary N) is 1. The summed E-state index contributed by atoms with van der Waals surface area (Å²) in [7, 11) is 0. The molecule has 1 unspecified atom stereocenters. The minimum Gasteiger partial charge on any atom is -0.480 e. The Bertz CT molecular complexity index is 429. The minimum atomic E-state index is -1.07. The molecule has 0 aromatic carbocycles. The summed E-state index contributed by atoms with van der Waals surface area (Å²) in [5.74, 6) is -1.98. The van der Waals surface area contributed by atoms with Gasteiger partial charge in [-0.2, -0.15) is 0 Å². The molecular formula is C18H36N2O10. The average molecular weight is 440 g/mol. The molecule has 12 heteroatoms. The van der Waals surface area contributed by atoms with Crippen LogP contribution in [0.1, 0.15) is 19.3 Å². The van der Waals surface area contributed by atoms with Crippen molar-refractivity contribution in [3.8, 4) is 0 Å². The quantitative estimate of drug-likeness (QED) is 0.108. The second-order valence-corrected chi connectivity index (χ2v) is 6.93. The zero-order valence-corrected chi connectivity index (χ0v) is 17.1. The Morgan fingerprint density at radius 2 is 1.33 bits per heavy atom. The molecule has 1 atom stereocenters. The highest BCUT2D eigenvalue weighted by Gasteiger charge is 2.18. The molecule has 0 spiro atoms. The van der Waals surface area contributed by atoms with E-state index in [-0.39, 0.29) is 59.4 Å². The molecule has 0 aliphatic rings. The average Bonchev–Trinajstić information content (AvgIpc) is 2.73. The van der Waals surface area contributed by atoms with Gasteiger partial charge in [0.2, 0.25) is 0 Å². The number of amides is 1. The Balaban J connectivity index is 4.33. The van der Waals surface area contributed by atoms with Crippen molar-refractivity contribution >= 4 is 12.1 Å². The first-order valence-corrected chi connectivity index (χ1v) is 9.89. The monoisotopic (exact) mass is 440 g/mol. The summed E-state index contributed by atoms with van der Waals surface area (Å²) in [5, 5.41) is 47.4. The van der Waals surface area contributed by atoms with Crippen LogP contribution in [0.5, 0.6) is 0 Å². The van der Waals surface area contributed by atoms with Crippen LogP contribution >= 0.6 is 0 Å². The number of unbranched alkanes of at least 4 members (excludes halogenated alkanes) is 1. The van der Waals surface area contributed by atoms with Crippen LogP contribution in [0.4, 0.5) is 4.79 Å². The fraction of sp³-hybridized carbons (Fsp3) is 0.889. The summed E-state index contributed by atoms with van der Waals surface area (Å²) in [6.07, 6.45) is -0.157.